The van der Waals surface area contributed by atoms with Crippen molar-refractivity contribution in [2.24, 2.45) is 0 Å². The van der Waals surface area contributed by atoms with Crippen LogP contribution in [0.1, 0.15) is 49.8 Å². The van der Waals surface area contributed by atoms with Gasteiger partial charge in [0.1, 0.15) is 5.82 Å². The predicted octanol–water partition coefficient (Wildman–Crippen LogP) is 5.24. The fraction of sp³-hybridized carbons (Fsp3) is 0.500. The summed E-state index contributed by atoms with van der Waals surface area (Å²) in [6, 6.07) is 2.18. The Labute approximate surface area is 123 Å². The van der Waals surface area contributed by atoms with Crippen molar-refractivity contribution in [1.29, 1.82) is 0 Å². The van der Waals surface area contributed by atoms with Crippen LogP contribution in [0.15, 0.2) is 30.9 Å². The van der Waals surface area contributed by atoms with Crippen LogP contribution >= 0.6 is 0 Å². The maximum absolute atomic E-state index is 13.9. The molecule has 0 heterocycles. The first-order valence-electron chi connectivity index (χ1n) is 7.11. The lowest BCUT2D eigenvalue weighted by Gasteiger charge is -2.20. The summed E-state index contributed by atoms with van der Waals surface area (Å²) >= 11 is 0. The van der Waals surface area contributed by atoms with Crippen LogP contribution in [0, 0.1) is 5.82 Å². The number of halogens is 4. The van der Waals surface area contributed by atoms with E-state index in [0.717, 1.165) is 37.5 Å². The summed E-state index contributed by atoms with van der Waals surface area (Å²) in [6.45, 7) is 6.20. The number of hydrogen-bond acceptors (Lipinski definition) is 1. The third-order valence-electron chi connectivity index (χ3n) is 3.24. The van der Waals surface area contributed by atoms with Crippen molar-refractivity contribution in [3.05, 3.63) is 47.8 Å². The van der Waals surface area contributed by atoms with Gasteiger partial charge in [-0.3, -0.25) is 0 Å². The molecule has 1 unspecified atom stereocenters. The smallest absolute Gasteiger partial charge is 0.310 e. The van der Waals surface area contributed by atoms with Crippen LogP contribution in [0.3, 0.4) is 0 Å². The molecule has 1 N–H and O–H groups in total. The molecule has 0 saturated heterocycles. The SMILES string of the molecule is C=CCCCC(NCCC)c1cc(C(F)(F)F)ccc1F. The van der Waals surface area contributed by atoms with Crippen LogP contribution in [0.5, 0.6) is 0 Å². The van der Waals surface area contributed by atoms with Crippen LogP contribution in [0.2, 0.25) is 0 Å². The summed E-state index contributed by atoms with van der Waals surface area (Å²) in [5.74, 6) is -0.602. The van der Waals surface area contributed by atoms with Gasteiger partial charge < -0.3 is 5.32 Å². The van der Waals surface area contributed by atoms with E-state index in [1.807, 2.05) is 6.92 Å². The van der Waals surface area contributed by atoms with Crippen molar-refractivity contribution in [2.75, 3.05) is 6.54 Å². The third-order valence-corrected chi connectivity index (χ3v) is 3.24. The Morgan fingerprint density at radius 2 is 2.05 bits per heavy atom. The summed E-state index contributed by atoms with van der Waals surface area (Å²) in [5, 5.41) is 3.12. The van der Waals surface area contributed by atoms with Crippen molar-refractivity contribution < 1.29 is 17.6 Å². The molecule has 0 spiro atoms. The normalized spacial score (nSPS) is 13.2. The molecule has 0 radical (unpaired) electrons. The molecule has 0 aliphatic heterocycles. The molecule has 0 amide bonds. The minimum atomic E-state index is -4.46. The summed E-state index contributed by atoms with van der Waals surface area (Å²) in [6.07, 6.45) is 0.201. The maximum atomic E-state index is 13.9. The summed E-state index contributed by atoms with van der Waals surface area (Å²) in [4.78, 5) is 0. The minimum absolute atomic E-state index is 0.0855. The Bertz CT molecular complexity index is 454. The molecule has 5 heteroatoms. The highest BCUT2D eigenvalue weighted by Gasteiger charge is 2.31. The van der Waals surface area contributed by atoms with Gasteiger partial charge in [0.15, 0.2) is 0 Å². The van der Waals surface area contributed by atoms with E-state index < -0.39 is 23.6 Å². The lowest BCUT2D eigenvalue weighted by molar-refractivity contribution is -0.137. The van der Waals surface area contributed by atoms with Crippen LogP contribution < -0.4 is 5.32 Å². The van der Waals surface area contributed by atoms with Crippen molar-refractivity contribution in [3.8, 4) is 0 Å². The van der Waals surface area contributed by atoms with E-state index in [1.165, 1.54) is 0 Å². The molecule has 0 saturated carbocycles. The van der Waals surface area contributed by atoms with Gasteiger partial charge in [-0.15, -0.1) is 6.58 Å². The van der Waals surface area contributed by atoms with Crippen LogP contribution in [0.4, 0.5) is 17.6 Å². The number of benzene rings is 1. The molecule has 1 rings (SSSR count). The molecular weight excluding hydrogens is 282 g/mol. The van der Waals surface area contributed by atoms with E-state index >= 15 is 0 Å². The summed E-state index contributed by atoms with van der Waals surface area (Å²) < 4.78 is 52.2. The van der Waals surface area contributed by atoms with Gasteiger partial charge in [-0.2, -0.15) is 13.2 Å². The zero-order valence-electron chi connectivity index (χ0n) is 12.1. The van der Waals surface area contributed by atoms with Gasteiger partial charge in [0.05, 0.1) is 5.56 Å². The predicted molar refractivity (Wildman–Crippen MR) is 76.5 cm³/mol. The first-order chi connectivity index (χ1) is 9.90. The Balaban J connectivity index is 3.00. The van der Waals surface area contributed by atoms with Gasteiger partial charge in [-0.25, -0.2) is 4.39 Å². The van der Waals surface area contributed by atoms with Crippen molar-refractivity contribution in [2.45, 2.75) is 44.8 Å². The highest BCUT2D eigenvalue weighted by molar-refractivity contribution is 5.29. The lowest BCUT2D eigenvalue weighted by Crippen LogP contribution is -2.23. The largest absolute Gasteiger partial charge is 0.416 e. The topological polar surface area (TPSA) is 12.0 Å². The third kappa shape index (κ3) is 5.50. The first kappa shape index (κ1) is 17.7. The number of unbranched alkanes of at least 4 members (excludes halogenated alkanes) is 1. The molecule has 1 atom stereocenters. The monoisotopic (exact) mass is 303 g/mol. The van der Waals surface area contributed by atoms with Gasteiger partial charge in [0.2, 0.25) is 0 Å². The maximum Gasteiger partial charge on any atom is 0.416 e. The molecule has 0 aliphatic rings. The Kier molecular flexibility index (Phi) is 6.89. The van der Waals surface area contributed by atoms with Crippen molar-refractivity contribution in [3.63, 3.8) is 0 Å². The lowest BCUT2D eigenvalue weighted by atomic mass is 9.98. The molecule has 0 aliphatic carbocycles. The Morgan fingerprint density at radius 1 is 1.33 bits per heavy atom. The number of rotatable bonds is 8. The molecular formula is C16H21F4N. The van der Waals surface area contributed by atoms with E-state index in [4.69, 9.17) is 0 Å². The standard InChI is InChI=1S/C16H21F4N/c1-3-5-6-7-15(21-10-4-2)13-11-12(16(18,19)20)8-9-14(13)17/h3,8-9,11,15,21H,1,4-7,10H2,2H3. The molecule has 0 bridgehead atoms. The number of nitrogens with one attached hydrogen (secondary N) is 1. The molecule has 0 fully saturated rings. The van der Waals surface area contributed by atoms with Crippen LogP contribution in [0.25, 0.3) is 0 Å². The zero-order chi connectivity index (χ0) is 15.9. The fourth-order valence-corrected chi connectivity index (χ4v) is 2.14. The second-order valence-electron chi connectivity index (χ2n) is 4.96. The molecule has 1 aromatic carbocycles. The average molecular weight is 303 g/mol. The molecule has 0 aromatic heterocycles. The van der Waals surface area contributed by atoms with Gasteiger partial charge >= 0.3 is 6.18 Å². The molecule has 1 nitrogen and oxygen atoms in total. The number of alkyl halides is 3. The van der Waals surface area contributed by atoms with Gasteiger partial charge in [0.25, 0.3) is 0 Å². The molecule has 1 aromatic rings. The quantitative estimate of drug-likeness (QED) is 0.393. The van der Waals surface area contributed by atoms with Gasteiger partial charge in [-0.05, 0) is 50.4 Å². The van der Waals surface area contributed by atoms with Gasteiger partial charge in [-0.1, -0.05) is 13.0 Å². The second kappa shape index (κ2) is 8.17. The Hall–Kier alpha value is -1.36. The van der Waals surface area contributed by atoms with E-state index in [-0.39, 0.29) is 5.56 Å². The fourth-order valence-electron chi connectivity index (χ4n) is 2.14. The van der Waals surface area contributed by atoms with E-state index in [0.29, 0.717) is 13.0 Å². The van der Waals surface area contributed by atoms with E-state index in [1.54, 1.807) is 6.08 Å². The van der Waals surface area contributed by atoms with Crippen LogP contribution in [-0.2, 0) is 6.18 Å². The van der Waals surface area contributed by atoms with Crippen LogP contribution in [-0.4, -0.2) is 6.54 Å². The zero-order valence-corrected chi connectivity index (χ0v) is 12.1. The summed E-state index contributed by atoms with van der Waals surface area (Å²) in [7, 11) is 0. The van der Waals surface area contributed by atoms with Crippen molar-refractivity contribution >= 4 is 0 Å². The number of allylic oxidation sites excluding steroid dienone is 1. The Morgan fingerprint density at radius 3 is 2.62 bits per heavy atom. The second-order valence-corrected chi connectivity index (χ2v) is 4.96. The highest BCUT2D eigenvalue weighted by Crippen LogP contribution is 2.33. The summed E-state index contributed by atoms with van der Waals surface area (Å²) in [5.41, 5.74) is -0.728. The van der Waals surface area contributed by atoms with Crippen molar-refractivity contribution in [1.82, 2.24) is 5.32 Å². The minimum Gasteiger partial charge on any atom is -0.310 e. The highest BCUT2D eigenvalue weighted by atomic mass is 19.4. The van der Waals surface area contributed by atoms with E-state index in [9.17, 15) is 17.6 Å². The van der Waals surface area contributed by atoms with Gasteiger partial charge in [0, 0.05) is 11.6 Å². The number of hydrogen-bond donors (Lipinski definition) is 1. The molecule has 21 heavy (non-hydrogen) atoms. The average Bonchev–Trinajstić information content (AvgIpc) is 2.42. The first-order valence-corrected chi connectivity index (χ1v) is 7.11. The van der Waals surface area contributed by atoms with E-state index in [2.05, 4.69) is 11.9 Å². The molecule has 118 valence electrons.